The summed E-state index contributed by atoms with van der Waals surface area (Å²) >= 11 is 0. The number of hydrogen-bond donors (Lipinski definition) is 4. The first-order valence-corrected chi connectivity index (χ1v) is 10.6. The van der Waals surface area contributed by atoms with E-state index in [1.54, 1.807) is 24.3 Å². The molecule has 7 nitrogen and oxygen atoms in total. The predicted octanol–water partition coefficient (Wildman–Crippen LogP) is 2.15. The van der Waals surface area contributed by atoms with Crippen molar-refractivity contribution in [1.29, 1.82) is 0 Å². The summed E-state index contributed by atoms with van der Waals surface area (Å²) in [7, 11) is 0. The van der Waals surface area contributed by atoms with E-state index in [0.717, 1.165) is 31.2 Å². The van der Waals surface area contributed by atoms with Crippen LogP contribution in [0, 0.1) is 5.82 Å². The van der Waals surface area contributed by atoms with Gasteiger partial charge in [0.1, 0.15) is 11.9 Å². The molecule has 0 spiro atoms. The van der Waals surface area contributed by atoms with Gasteiger partial charge >= 0.3 is 6.03 Å². The van der Waals surface area contributed by atoms with Gasteiger partial charge in [-0.3, -0.25) is 4.79 Å². The monoisotopic (exact) mass is 419 g/mol. The highest BCUT2D eigenvalue weighted by Gasteiger charge is 2.29. The minimum absolute atomic E-state index is 0.0924. The normalized spacial score (nSPS) is 24.3. The molecule has 1 heterocycles. The lowest BCUT2D eigenvalue weighted by Crippen LogP contribution is -2.53. The van der Waals surface area contributed by atoms with Gasteiger partial charge in [-0.05, 0) is 30.5 Å². The minimum atomic E-state index is -0.623. The van der Waals surface area contributed by atoms with E-state index in [9.17, 15) is 19.1 Å². The summed E-state index contributed by atoms with van der Waals surface area (Å²) in [4.78, 5) is 24.4. The largest absolute Gasteiger partial charge is 0.394 e. The highest BCUT2D eigenvalue weighted by Crippen LogP contribution is 2.18. The summed E-state index contributed by atoms with van der Waals surface area (Å²) in [6.45, 7) is 0.0247. The Morgan fingerprint density at radius 2 is 1.80 bits per heavy atom. The molecule has 2 aliphatic rings. The second kappa shape index (κ2) is 11.1. The molecule has 0 saturated heterocycles. The standard InChI is InChI=1S/C22H30FN3O4/c23-16-8-6-15(7-9-16)13-24-21(28)12-18-10-11-19(20(14-27)30-18)26-22(29)25-17-4-2-1-3-5-17/h6-11,17-20,27H,1-5,12-14H2,(H,24,28)(H2,25,26,29)/t18-,19-,20-/m0/s1. The number of rotatable bonds is 7. The van der Waals surface area contributed by atoms with E-state index < -0.39 is 18.2 Å². The van der Waals surface area contributed by atoms with Crippen molar-refractivity contribution in [2.24, 2.45) is 0 Å². The van der Waals surface area contributed by atoms with E-state index in [-0.39, 0.29) is 36.8 Å². The SMILES string of the molecule is O=C(C[C@@H]1C=C[C@H](NC(=O)NC2CCCCC2)[C@H](CO)O1)NCc1ccc(F)cc1. The van der Waals surface area contributed by atoms with E-state index >= 15 is 0 Å². The number of carbonyl (C=O) groups is 2. The third kappa shape index (κ3) is 6.81. The quantitative estimate of drug-likeness (QED) is 0.509. The van der Waals surface area contributed by atoms with Gasteiger partial charge in [0.05, 0.1) is 25.2 Å². The van der Waals surface area contributed by atoms with Gasteiger partial charge in [-0.1, -0.05) is 43.5 Å². The smallest absolute Gasteiger partial charge is 0.315 e. The maximum atomic E-state index is 12.9. The van der Waals surface area contributed by atoms with Crippen LogP contribution in [0.5, 0.6) is 0 Å². The summed E-state index contributed by atoms with van der Waals surface area (Å²) in [6, 6.07) is 5.38. The average molecular weight is 419 g/mol. The number of amides is 3. The fourth-order valence-electron chi connectivity index (χ4n) is 3.82. The Bertz CT molecular complexity index is 734. The molecular weight excluding hydrogens is 389 g/mol. The molecule has 1 saturated carbocycles. The van der Waals surface area contributed by atoms with Crippen molar-refractivity contribution < 1.29 is 23.8 Å². The lowest BCUT2D eigenvalue weighted by Gasteiger charge is -2.32. The van der Waals surface area contributed by atoms with Crippen molar-refractivity contribution in [3.05, 3.63) is 47.8 Å². The van der Waals surface area contributed by atoms with Crippen molar-refractivity contribution >= 4 is 11.9 Å². The van der Waals surface area contributed by atoms with Gasteiger partial charge in [-0.25, -0.2) is 9.18 Å². The molecule has 3 atom stereocenters. The molecule has 4 N–H and O–H groups in total. The highest BCUT2D eigenvalue weighted by atomic mass is 19.1. The zero-order valence-electron chi connectivity index (χ0n) is 17.0. The van der Waals surface area contributed by atoms with E-state index in [1.165, 1.54) is 18.6 Å². The molecule has 1 aliphatic heterocycles. The van der Waals surface area contributed by atoms with Crippen molar-refractivity contribution in [2.45, 2.75) is 69.4 Å². The lowest BCUT2D eigenvalue weighted by molar-refractivity contribution is -0.125. The maximum Gasteiger partial charge on any atom is 0.315 e. The van der Waals surface area contributed by atoms with Crippen LogP contribution in [0.4, 0.5) is 9.18 Å². The highest BCUT2D eigenvalue weighted by molar-refractivity contribution is 5.77. The Hall–Kier alpha value is -2.45. The first kappa shape index (κ1) is 22.2. The van der Waals surface area contributed by atoms with Gasteiger partial charge in [-0.15, -0.1) is 0 Å². The van der Waals surface area contributed by atoms with Crippen LogP contribution >= 0.6 is 0 Å². The minimum Gasteiger partial charge on any atom is -0.394 e. The Morgan fingerprint density at radius 1 is 1.07 bits per heavy atom. The fraction of sp³-hybridized carbons (Fsp3) is 0.545. The second-order valence-corrected chi connectivity index (χ2v) is 7.87. The van der Waals surface area contributed by atoms with Crippen molar-refractivity contribution in [3.63, 3.8) is 0 Å². The van der Waals surface area contributed by atoms with Gasteiger partial charge < -0.3 is 25.8 Å². The second-order valence-electron chi connectivity index (χ2n) is 7.87. The Kier molecular flexibility index (Phi) is 8.21. The molecule has 3 amide bonds. The molecule has 1 aliphatic carbocycles. The first-order valence-electron chi connectivity index (χ1n) is 10.6. The number of nitrogens with one attached hydrogen (secondary N) is 3. The molecular formula is C22H30FN3O4. The summed E-state index contributed by atoms with van der Waals surface area (Å²) in [5, 5.41) is 18.3. The molecule has 1 aromatic carbocycles. The summed E-state index contributed by atoms with van der Waals surface area (Å²) in [5.41, 5.74) is 0.798. The molecule has 0 bridgehead atoms. The first-order chi connectivity index (χ1) is 14.5. The van der Waals surface area contributed by atoms with Crippen LogP contribution in [0.25, 0.3) is 0 Å². The third-order valence-corrected chi connectivity index (χ3v) is 5.49. The fourth-order valence-corrected chi connectivity index (χ4v) is 3.82. The van der Waals surface area contributed by atoms with E-state index in [0.29, 0.717) is 6.54 Å². The molecule has 0 unspecified atom stereocenters. The number of aliphatic hydroxyl groups excluding tert-OH is 1. The summed E-state index contributed by atoms with van der Waals surface area (Å²) in [6.07, 6.45) is 7.92. The molecule has 3 rings (SSSR count). The van der Waals surface area contributed by atoms with E-state index in [2.05, 4.69) is 16.0 Å². The van der Waals surface area contributed by atoms with Crippen LogP contribution in [0.2, 0.25) is 0 Å². The van der Waals surface area contributed by atoms with Crippen LogP contribution in [0.3, 0.4) is 0 Å². The van der Waals surface area contributed by atoms with Crippen LogP contribution in [-0.4, -0.2) is 47.9 Å². The molecule has 1 fully saturated rings. The predicted molar refractivity (Wildman–Crippen MR) is 110 cm³/mol. The number of ether oxygens (including phenoxy) is 1. The van der Waals surface area contributed by atoms with Crippen LogP contribution < -0.4 is 16.0 Å². The van der Waals surface area contributed by atoms with E-state index in [1.807, 2.05) is 0 Å². The van der Waals surface area contributed by atoms with Crippen LogP contribution in [-0.2, 0) is 16.1 Å². The van der Waals surface area contributed by atoms with Crippen molar-refractivity contribution in [1.82, 2.24) is 16.0 Å². The summed E-state index contributed by atoms with van der Waals surface area (Å²) in [5.74, 6) is -0.538. The van der Waals surface area contributed by atoms with Crippen molar-refractivity contribution in [3.8, 4) is 0 Å². The molecule has 1 aromatic rings. The molecule has 30 heavy (non-hydrogen) atoms. The maximum absolute atomic E-state index is 12.9. The van der Waals surface area contributed by atoms with E-state index in [4.69, 9.17) is 4.74 Å². The Morgan fingerprint density at radius 3 is 2.50 bits per heavy atom. The average Bonchev–Trinajstić information content (AvgIpc) is 2.75. The zero-order valence-corrected chi connectivity index (χ0v) is 17.0. The molecule has 0 aromatic heterocycles. The van der Waals surface area contributed by atoms with Gasteiger partial charge in [0.25, 0.3) is 0 Å². The number of halogens is 1. The van der Waals surface area contributed by atoms with Crippen LogP contribution in [0.15, 0.2) is 36.4 Å². The number of carbonyl (C=O) groups excluding carboxylic acids is 2. The van der Waals surface area contributed by atoms with Crippen molar-refractivity contribution in [2.75, 3.05) is 6.61 Å². The van der Waals surface area contributed by atoms with Crippen LogP contribution in [0.1, 0.15) is 44.1 Å². The lowest BCUT2D eigenvalue weighted by atomic mass is 9.96. The topological polar surface area (TPSA) is 99.7 Å². The molecule has 8 heteroatoms. The summed E-state index contributed by atoms with van der Waals surface area (Å²) < 4.78 is 18.7. The number of hydrogen-bond acceptors (Lipinski definition) is 4. The van der Waals surface area contributed by atoms with Gasteiger partial charge in [0.2, 0.25) is 5.91 Å². The number of aliphatic hydroxyl groups is 1. The van der Waals surface area contributed by atoms with Gasteiger partial charge in [0, 0.05) is 12.6 Å². The molecule has 0 radical (unpaired) electrons. The zero-order chi connectivity index (χ0) is 21.3. The number of urea groups is 1. The third-order valence-electron chi connectivity index (χ3n) is 5.49. The van der Waals surface area contributed by atoms with Gasteiger partial charge in [0.15, 0.2) is 0 Å². The Balaban J connectivity index is 1.44. The number of benzene rings is 1. The van der Waals surface area contributed by atoms with Gasteiger partial charge in [-0.2, -0.15) is 0 Å². The Labute approximate surface area is 176 Å². The molecule has 164 valence electrons.